The molecule has 2 N–H and O–H groups in total. The summed E-state index contributed by atoms with van der Waals surface area (Å²) in [5.41, 5.74) is 3.43. The van der Waals surface area contributed by atoms with Crippen molar-refractivity contribution < 1.29 is 0 Å². The first kappa shape index (κ1) is 14.6. The van der Waals surface area contributed by atoms with Gasteiger partial charge in [-0.3, -0.25) is 5.10 Å². The van der Waals surface area contributed by atoms with Crippen LogP contribution in [0.1, 0.15) is 45.4 Å². The maximum absolute atomic E-state index is 3.97. The van der Waals surface area contributed by atoms with Crippen LogP contribution in [0.3, 0.4) is 0 Å². The van der Waals surface area contributed by atoms with Crippen molar-refractivity contribution in [1.82, 2.24) is 10.2 Å². The van der Waals surface area contributed by atoms with Crippen LogP contribution in [0.2, 0.25) is 0 Å². The van der Waals surface area contributed by atoms with Crippen LogP contribution in [0.15, 0.2) is 36.5 Å². The lowest BCUT2D eigenvalue weighted by Gasteiger charge is -2.07. The van der Waals surface area contributed by atoms with Gasteiger partial charge in [0.15, 0.2) is 0 Å². The minimum Gasteiger partial charge on any atom is -0.385 e. The van der Waals surface area contributed by atoms with Gasteiger partial charge < -0.3 is 5.32 Å². The molecule has 0 saturated carbocycles. The molecule has 3 heteroatoms. The van der Waals surface area contributed by atoms with Crippen LogP contribution < -0.4 is 5.32 Å². The van der Waals surface area contributed by atoms with Crippen molar-refractivity contribution in [2.24, 2.45) is 0 Å². The number of unbranched alkanes of at least 4 members (excludes halogenated alkanes) is 5. The largest absolute Gasteiger partial charge is 0.385 e. The normalized spacial score (nSPS) is 10.7. The molecule has 1 heterocycles. The van der Waals surface area contributed by atoms with Crippen molar-refractivity contribution in [3.05, 3.63) is 36.5 Å². The maximum Gasteiger partial charge on any atom is 0.0650 e. The van der Waals surface area contributed by atoms with E-state index in [1.54, 1.807) is 6.20 Å². The van der Waals surface area contributed by atoms with Crippen LogP contribution in [0, 0.1) is 0 Å². The zero-order chi connectivity index (χ0) is 14.0. The third-order valence-corrected chi connectivity index (χ3v) is 3.56. The van der Waals surface area contributed by atoms with Crippen molar-refractivity contribution in [3.63, 3.8) is 0 Å². The lowest BCUT2D eigenvalue weighted by molar-refractivity contribution is 0.617. The van der Waals surface area contributed by atoms with E-state index in [4.69, 9.17) is 0 Å². The van der Waals surface area contributed by atoms with E-state index in [0.717, 1.165) is 12.2 Å². The fourth-order valence-electron chi connectivity index (χ4n) is 2.32. The number of nitrogens with zero attached hydrogens (tertiary/aromatic N) is 1. The van der Waals surface area contributed by atoms with E-state index < -0.39 is 0 Å². The molecule has 0 saturated heterocycles. The van der Waals surface area contributed by atoms with Crippen LogP contribution in [0.4, 0.5) is 5.69 Å². The predicted octanol–water partition coefficient (Wildman–Crippen LogP) is 4.85. The molecule has 1 aromatic carbocycles. The highest BCUT2D eigenvalue weighted by atomic mass is 15.1. The van der Waals surface area contributed by atoms with E-state index in [1.807, 2.05) is 6.07 Å². The quantitative estimate of drug-likeness (QED) is 0.640. The third kappa shape index (κ3) is 4.72. The summed E-state index contributed by atoms with van der Waals surface area (Å²) < 4.78 is 0. The molecule has 0 amide bonds. The topological polar surface area (TPSA) is 40.7 Å². The Morgan fingerprint density at radius 1 is 0.950 bits per heavy atom. The lowest BCUT2D eigenvalue weighted by atomic mass is 10.1. The summed E-state index contributed by atoms with van der Waals surface area (Å²) in [7, 11) is 0. The molecular weight excluding hydrogens is 246 g/mol. The van der Waals surface area contributed by atoms with E-state index in [-0.39, 0.29) is 0 Å². The molecule has 0 aliphatic rings. The summed E-state index contributed by atoms with van der Waals surface area (Å²) in [6.07, 6.45) is 9.82. The van der Waals surface area contributed by atoms with Crippen LogP contribution in [0.5, 0.6) is 0 Å². The molecule has 0 unspecified atom stereocenters. The second-order valence-electron chi connectivity index (χ2n) is 5.24. The summed E-state index contributed by atoms with van der Waals surface area (Å²) in [6.45, 7) is 3.32. The van der Waals surface area contributed by atoms with Crippen LogP contribution in [0.25, 0.3) is 11.3 Å². The maximum atomic E-state index is 3.97. The van der Waals surface area contributed by atoms with Crippen molar-refractivity contribution in [2.75, 3.05) is 11.9 Å². The summed E-state index contributed by atoms with van der Waals surface area (Å²) in [6, 6.07) is 10.5. The second-order valence-corrected chi connectivity index (χ2v) is 5.24. The average molecular weight is 271 g/mol. The minimum absolute atomic E-state index is 1.06. The molecule has 0 fully saturated rings. The van der Waals surface area contributed by atoms with Gasteiger partial charge in [-0.25, -0.2) is 0 Å². The summed E-state index contributed by atoms with van der Waals surface area (Å²) in [4.78, 5) is 0. The first-order valence-corrected chi connectivity index (χ1v) is 7.74. The van der Waals surface area contributed by atoms with Gasteiger partial charge in [0.25, 0.3) is 0 Å². The highest BCUT2D eigenvalue weighted by Gasteiger charge is 1.98. The molecule has 2 aromatic rings. The zero-order valence-corrected chi connectivity index (χ0v) is 12.4. The standard InChI is InChI=1S/C17H25N3/c1-2-3-4-5-6-7-13-18-16-10-8-15(9-11-16)17-12-14-19-20-17/h8-12,14,18H,2-7,13H2,1H3,(H,19,20). The Balaban J connectivity index is 1.67. The van der Waals surface area contributed by atoms with E-state index in [9.17, 15) is 0 Å². The number of benzene rings is 1. The number of aromatic amines is 1. The Morgan fingerprint density at radius 3 is 2.40 bits per heavy atom. The summed E-state index contributed by atoms with van der Waals surface area (Å²) in [5, 5.41) is 10.4. The summed E-state index contributed by atoms with van der Waals surface area (Å²) in [5.74, 6) is 0. The van der Waals surface area contributed by atoms with Gasteiger partial charge in [0.1, 0.15) is 0 Å². The first-order chi connectivity index (χ1) is 9.90. The second kappa shape index (κ2) is 8.41. The van der Waals surface area contributed by atoms with E-state index in [0.29, 0.717) is 0 Å². The molecule has 20 heavy (non-hydrogen) atoms. The SMILES string of the molecule is CCCCCCCCNc1ccc(-c2ccn[nH]2)cc1. The van der Waals surface area contributed by atoms with E-state index in [2.05, 4.69) is 46.7 Å². The average Bonchev–Trinajstić information content (AvgIpc) is 3.01. The van der Waals surface area contributed by atoms with Gasteiger partial charge in [0.2, 0.25) is 0 Å². The molecule has 0 atom stereocenters. The van der Waals surface area contributed by atoms with E-state index >= 15 is 0 Å². The number of rotatable bonds is 9. The zero-order valence-electron chi connectivity index (χ0n) is 12.4. The van der Waals surface area contributed by atoms with Crippen LogP contribution >= 0.6 is 0 Å². The van der Waals surface area contributed by atoms with Gasteiger partial charge >= 0.3 is 0 Å². The fourth-order valence-corrected chi connectivity index (χ4v) is 2.32. The number of nitrogens with one attached hydrogen (secondary N) is 2. The Labute approximate surface area is 121 Å². The van der Waals surface area contributed by atoms with Gasteiger partial charge in [0, 0.05) is 18.4 Å². The number of aromatic nitrogens is 2. The Bertz CT molecular complexity index is 459. The molecular formula is C17H25N3. The number of hydrogen-bond acceptors (Lipinski definition) is 2. The lowest BCUT2D eigenvalue weighted by Crippen LogP contribution is -2.01. The molecule has 0 aliphatic heterocycles. The molecule has 0 spiro atoms. The first-order valence-electron chi connectivity index (χ1n) is 7.74. The van der Waals surface area contributed by atoms with Crippen LogP contribution in [-0.4, -0.2) is 16.7 Å². The van der Waals surface area contributed by atoms with Gasteiger partial charge in [-0.05, 0) is 30.2 Å². The smallest absolute Gasteiger partial charge is 0.0650 e. The minimum atomic E-state index is 1.06. The van der Waals surface area contributed by atoms with Crippen LogP contribution in [-0.2, 0) is 0 Å². The predicted molar refractivity (Wildman–Crippen MR) is 85.9 cm³/mol. The van der Waals surface area contributed by atoms with Crippen molar-refractivity contribution in [3.8, 4) is 11.3 Å². The molecule has 2 rings (SSSR count). The molecule has 108 valence electrons. The highest BCUT2D eigenvalue weighted by molar-refractivity contribution is 5.62. The number of hydrogen-bond donors (Lipinski definition) is 2. The molecule has 0 radical (unpaired) electrons. The van der Waals surface area contributed by atoms with Gasteiger partial charge in [-0.15, -0.1) is 0 Å². The fraction of sp³-hybridized carbons (Fsp3) is 0.471. The number of anilines is 1. The Kier molecular flexibility index (Phi) is 6.15. The van der Waals surface area contributed by atoms with Crippen molar-refractivity contribution in [2.45, 2.75) is 45.4 Å². The van der Waals surface area contributed by atoms with Gasteiger partial charge in [-0.1, -0.05) is 51.2 Å². The molecule has 1 aromatic heterocycles. The molecule has 0 bridgehead atoms. The molecule has 3 nitrogen and oxygen atoms in total. The highest BCUT2D eigenvalue weighted by Crippen LogP contribution is 2.18. The number of H-pyrrole nitrogens is 1. The molecule has 0 aliphatic carbocycles. The van der Waals surface area contributed by atoms with E-state index in [1.165, 1.54) is 49.8 Å². The van der Waals surface area contributed by atoms with Crippen molar-refractivity contribution >= 4 is 5.69 Å². The van der Waals surface area contributed by atoms with Gasteiger partial charge in [-0.2, -0.15) is 5.10 Å². The third-order valence-electron chi connectivity index (χ3n) is 3.56. The Hall–Kier alpha value is -1.77. The van der Waals surface area contributed by atoms with Gasteiger partial charge in [0.05, 0.1) is 5.69 Å². The monoisotopic (exact) mass is 271 g/mol. The summed E-state index contributed by atoms with van der Waals surface area (Å²) >= 11 is 0. The van der Waals surface area contributed by atoms with Crippen molar-refractivity contribution in [1.29, 1.82) is 0 Å². The Morgan fingerprint density at radius 2 is 1.70 bits per heavy atom.